The third-order valence-electron chi connectivity index (χ3n) is 4.33. The van der Waals surface area contributed by atoms with Gasteiger partial charge in [-0.15, -0.1) is 0 Å². The van der Waals surface area contributed by atoms with E-state index in [0.717, 1.165) is 30.3 Å². The lowest BCUT2D eigenvalue weighted by Gasteiger charge is -2.09. The van der Waals surface area contributed by atoms with Gasteiger partial charge >= 0.3 is 0 Å². The molecule has 0 bridgehead atoms. The first-order chi connectivity index (χ1) is 12.8. The van der Waals surface area contributed by atoms with E-state index in [4.69, 9.17) is 0 Å². The van der Waals surface area contributed by atoms with Crippen LogP contribution in [-0.2, 0) is 6.42 Å². The summed E-state index contributed by atoms with van der Waals surface area (Å²) in [7, 11) is 0. The fourth-order valence-electron chi connectivity index (χ4n) is 3.06. The second-order valence-electron chi connectivity index (χ2n) is 6.32. The van der Waals surface area contributed by atoms with Crippen LogP contribution in [0.5, 0.6) is 0 Å². The van der Waals surface area contributed by atoms with E-state index in [-0.39, 0.29) is 0 Å². The van der Waals surface area contributed by atoms with Gasteiger partial charge < -0.3 is 15.6 Å². The molecule has 0 spiro atoms. The van der Waals surface area contributed by atoms with E-state index in [0.29, 0.717) is 0 Å². The van der Waals surface area contributed by atoms with E-state index in [1.807, 2.05) is 24.3 Å². The molecule has 5 heteroatoms. The predicted octanol–water partition coefficient (Wildman–Crippen LogP) is 4.66. The Morgan fingerprint density at radius 3 is 2.77 bits per heavy atom. The average molecular weight is 343 g/mol. The number of aryl methyl sites for hydroxylation is 1. The van der Waals surface area contributed by atoms with Gasteiger partial charge in [-0.05, 0) is 42.7 Å². The van der Waals surface area contributed by atoms with Gasteiger partial charge in [-0.25, -0.2) is 9.97 Å². The van der Waals surface area contributed by atoms with Crippen LogP contribution >= 0.6 is 0 Å². The maximum Gasteiger partial charge on any atom is 0.135 e. The normalized spacial score (nSPS) is 10.8. The first-order valence-corrected chi connectivity index (χ1v) is 8.72. The van der Waals surface area contributed by atoms with E-state index in [2.05, 4.69) is 69.0 Å². The summed E-state index contributed by atoms with van der Waals surface area (Å²) in [5.41, 5.74) is 4.71. The molecule has 130 valence electrons. The van der Waals surface area contributed by atoms with Crippen molar-refractivity contribution in [3.8, 4) is 0 Å². The molecule has 0 saturated carbocycles. The van der Waals surface area contributed by atoms with Gasteiger partial charge in [0.15, 0.2) is 0 Å². The van der Waals surface area contributed by atoms with Crippen LogP contribution in [0.2, 0.25) is 0 Å². The highest BCUT2D eigenvalue weighted by atomic mass is 15.1. The molecule has 0 fully saturated rings. The Bertz CT molecular complexity index is 1020. The fraction of sp³-hybridized carbons (Fsp3) is 0.143. The lowest BCUT2D eigenvalue weighted by Crippen LogP contribution is -2.07. The minimum atomic E-state index is 0.778. The number of anilines is 3. The van der Waals surface area contributed by atoms with E-state index in [9.17, 15) is 0 Å². The highest BCUT2D eigenvalue weighted by molar-refractivity contribution is 5.83. The summed E-state index contributed by atoms with van der Waals surface area (Å²) in [5.74, 6) is 1.59. The van der Waals surface area contributed by atoms with Crippen LogP contribution in [-0.4, -0.2) is 21.5 Å². The van der Waals surface area contributed by atoms with Crippen molar-refractivity contribution >= 4 is 28.2 Å². The second kappa shape index (κ2) is 7.27. The zero-order valence-corrected chi connectivity index (χ0v) is 14.7. The quantitative estimate of drug-likeness (QED) is 0.476. The smallest absolute Gasteiger partial charge is 0.135 e. The van der Waals surface area contributed by atoms with Crippen molar-refractivity contribution in [1.29, 1.82) is 0 Å². The molecule has 0 amide bonds. The van der Waals surface area contributed by atoms with Gasteiger partial charge in [0.1, 0.15) is 18.0 Å². The molecule has 0 aliphatic carbocycles. The molecule has 0 atom stereocenters. The summed E-state index contributed by atoms with van der Waals surface area (Å²) in [4.78, 5) is 11.9. The monoisotopic (exact) mass is 343 g/mol. The van der Waals surface area contributed by atoms with E-state index < -0.39 is 0 Å². The molecule has 0 aliphatic rings. The average Bonchev–Trinajstić information content (AvgIpc) is 3.06. The SMILES string of the molecule is Cc1cccc(Nc2cc(NCCc3c[nH]c4ccccc34)ncn2)c1. The van der Waals surface area contributed by atoms with Gasteiger partial charge in [-0.3, -0.25) is 0 Å². The summed E-state index contributed by atoms with van der Waals surface area (Å²) < 4.78 is 0. The Labute approximate surface area is 152 Å². The number of aromatic amines is 1. The van der Waals surface area contributed by atoms with Crippen LogP contribution in [0.25, 0.3) is 10.9 Å². The van der Waals surface area contributed by atoms with Gasteiger partial charge in [-0.2, -0.15) is 0 Å². The standard InChI is InChI=1S/C21H21N5/c1-15-5-4-6-17(11-15)26-21-12-20(24-14-25-21)22-10-9-16-13-23-19-8-3-2-7-18(16)19/h2-8,11-14,23H,9-10H2,1H3,(H2,22,24,25,26). The molecule has 2 heterocycles. The number of benzene rings is 2. The van der Waals surface area contributed by atoms with E-state index >= 15 is 0 Å². The number of hydrogen-bond donors (Lipinski definition) is 3. The minimum Gasteiger partial charge on any atom is -0.370 e. The molecule has 0 radical (unpaired) electrons. The summed E-state index contributed by atoms with van der Waals surface area (Å²) in [6, 6.07) is 18.5. The predicted molar refractivity (Wildman–Crippen MR) is 107 cm³/mol. The molecule has 3 N–H and O–H groups in total. The van der Waals surface area contributed by atoms with Crippen molar-refractivity contribution in [2.75, 3.05) is 17.2 Å². The number of fused-ring (bicyclic) bond motifs is 1. The zero-order valence-electron chi connectivity index (χ0n) is 14.7. The lowest BCUT2D eigenvalue weighted by atomic mass is 10.1. The summed E-state index contributed by atoms with van der Waals surface area (Å²) >= 11 is 0. The summed E-state index contributed by atoms with van der Waals surface area (Å²) in [6.07, 6.45) is 4.58. The third kappa shape index (κ3) is 3.67. The second-order valence-corrected chi connectivity index (χ2v) is 6.32. The molecule has 2 aromatic carbocycles. The number of hydrogen-bond acceptors (Lipinski definition) is 4. The van der Waals surface area contributed by atoms with Gasteiger partial charge in [0.2, 0.25) is 0 Å². The highest BCUT2D eigenvalue weighted by Gasteiger charge is 2.04. The molecular weight excluding hydrogens is 322 g/mol. The molecule has 0 saturated heterocycles. The number of para-hydroxylation sites is 1. The van der Waals surface area contributed by atoms with Crippen molar-refractivity contribution < 1.29 is 0 Å². The Morgan fingerprint density at radius 2 is 1.85 bits per heavy atom. The van der Waals surface area contributed by atoms with Crippen LogP contribution in [0.1, 0.15) is 11.1 Å². The molecular formula is C21H21N5. The van der Waals surface area contributed by atoms with E-state index in [1.54, 1.807) is 6.33 Å². The largest absolute Gasteiger partial charge is 0.370 e. The van der Waals surface area contributed by atoms with Crippen LogP contribution in [0.15, 0.2) is 67.1 Å². The van der Waals surface area contributed by atoms with Crippen LogP contribution in [0.4, 0.5) is 17.3 Å². The van der Waals surface area contributed by atoms with Gasteiger partial charge in [0, 0.05) is 35.4 Å². The maximum atomic E-state index is 4.31. The van der Waals surface area contributed by atoms with Crippen molar-refractivity contribution in [2.24, 2.45) is 0 Å². The van der Waals surface area contributed by atoms with Crippen LogP contribution in [0, 0.1) is 6.92 Å². The number of aromatic nitrogens is 3. The molecule has 0 unspecified atom stereocenters. The van der Waals surface area contributed by atoms with Crippen molar-refractivity contribution in [2.45, 2.75) is 13.3 Å². The third-order valence-corrected chi connectivity index (χ3v) is 4.33. The Balaban J connectivity index is 1.39. The van der Waals surface area contributed by atoms with Crippen LogP contribution < -0.4 is 10.6 Å². The topological polar surface area (TPSA) is 65.6 Å². The lowest BCUT2D eigenvalue weighted by molar-refractivity contribution is 1.01. The molecule has 0 aliphatic heterocycles. The number of nitrogens with one attached hydrogen (secondary N) is 3. The minimum absolute atomic E-state index is 0.778. The first kappa shape index (κ1) is 16.1. The number of H-pyrrole nitrogens is 1. The summed E-state index contributed by atoms with van der Waals surface area (Å²) in [6.45, 7) is 2.88. The Kier molecular flexibility index (Phi) is 4.51. The number of nitrogens with zero attached hydrogens (tertiary/aromatic N) is 2. The van der Waals surface area contributed by atoms with Crippen molar-refractivity contribution in [3.63, 3.8) is 0 Å². The fourth-order valence-corrected chi connectivity index (χ4v) is 3.06. The highest BCUT2D eigenvalue weighted by Crippen LogP contribution is 2.19. The van der Waals surface area contributed by atoms with Crippen molar-refractivity contribution in [1.82, 2.24) is 15.0 Å². The van der Waals surface area contributed by atoms with Crippen LogP contribution in [0.3, 0.4) is 0 Å². The molecule has 26 heavy (non-hydrogen) atoms. The van der Waals surface area contributed by atoms with Gasteiger partial charge in [0.25, 0.3) is 0 Å². The molecule has 4 rings (SSSR count). The van der Waals surface area contributed by atoms with Gasteiger partial charge in [0.05, 0.1) is 0 Å². The Morgan fingerprint density at radius 1 is 0.962 bits per heavy atom. The molecule has 4 aromatic rings. The molecule has 5 nitrogen and oxygen atoms in total. The Hall–Kier alpha value is -3.34. The summed E-state index contributed by atoms with van der Waals surface area (Å²) in [5, 5.41) is 7.97. The number of rotatable bonds is 6. The molecule has 2 aromatic heterocycles. The van der Waals surface area contributed by atoms with Crippen molar-refractivity contribution in [3.05, 3.63) is 78.2 Å². The first-order valence-electron chi connectivity index (χ1n) is 8.72. The van der Waals surface area contributed by atoms with Gasteiger partial charge in [-0.1, -0.05) is 30.3 Å². The van der Waals surface area contributed by atoms with E-state index in [1.165, 1.54) is 22.0 Å². The zero-order chi connectivity index (χ0) is 17.8. The maximum absolute atomic E-state index is 4.31.